The second kappa shape index (κ2) is 8.15. The molecule has 1 rings (SSSR count). The third-order valence-corrected chi connectivity index (χ3v) is 3.68. The highest BCUT2D eigenvalue weighted by Crippen LogP contribution is 2.17. The van der Waals surface area contributed by atoms with Crippen LogP contribution in [-0.2, 0) is 15.1 Å². The van der Waals surface area contributed by atoms with E-state index in [0.717, 1.165) is 12.0 Å². The predicted molar refractivity (Wildman–Crippen MR) is 85.9 cm³/mol. The van der Waals surface area contributed by atoms with Gasteiger partial charge >= 0.3 is 0 Å². The molecule has 0 saturated carbocycles. The van der Waals surface area contributed by atoms with Crippen molar-refractivity contribution in [2.45, 2.75) is 45.8 Å². The minimum absolute atomic E-state index is 0.160. The molecule has 0 aromatic heterocycles. The van der Waals surface area contributed by atoms with Crippen LogP contribution in [0.1, 0.15) is 39.7 Å². The number of amides is 1. The number of rotatable bonds is 8. The molecule has 0 aliphatic heterocycles. The molecule has 0 aliphatic rings. The molecule has 0 saturated heterocycles. The molecule has 3 N–H and O–H groups in total. The van der Waals surface area contributed by atoms with E-state index >= 15 is 0 Å². The molecule has 1 amide bonds. The van der Waals surface area contributed by atoms with E-state index < -0.39 is 5.54 Å². The monoisotopic (exact) mass is 292 g/mol. The van der Waals surface area contributed by atoms with Crippen LogP contribution in [0, 0.1) is 5.92 Å². The summed E-state index contributed by atoms with van der Waals surface area (Å²) in [5.74, 6) is 0.271. The molecule has 0 bridgehead atoms. The normalized spacial score (nSPS) is 15.5. The molecule has 0 fully saturated rings. The van der Waals surface area contributed by atoms with Crippen molar-refractivity contribution in [3.8, 4) is 0 Å². The van der Waals surface area contributed by atoms with Gasteiger partial charge in [-0.15, -0.1) is 0 Å². The summed E-state index contributed by atoms with van der Waals surface area (Å²) < 4.78 is 5.67. The standard InChI is InChI=1S/C17H28N2O2/c1-5-21-15(13(2)3)11-12-19-16(20)17(4,18)14-9-7-6-8-10-14/h6-10,13,15H,5,11-12,18H2,1-4H3,(H,19,20). The van der Waals surface area contributed by atoms with E-state index in [1.165, 1.54) is 0 Å². The summed E-state index contributed by atoms with van der Waals surface area (Å²) in [4.78, 5) is 12.3. The van der Waals surface area contributed by atoms with Gasteiger partial charge in [-0.3, -0.25) is 4.79 Å². The van der Waals surface area contributed by atoms with Crippen LogP contribution in [0.4, 0.5) is 0 Å². The Balaban J connectivity index is 2.53. The van der Waals surface area contributed by atoms with Crippen LogP contribution >= 0.6 is 0 Å². The largest absolute Gasteiger partial charge is 0.378 e. The van der Waals surface area contributed by atoms with Gasteiger partial charge < -0.3 is 15.8 Å². The maximum Gasteiger partial charge on any atom is 0.244 e. The van der Waals surface area contributed by atoms with Crippen LogP contribution in [0.15, 0.2) is 30.3 Å². The summed E-state index contributed by atoms with van der Waals surface area (Å²) in [5.41, 5.74) is 5.97. The topological polar surface area (TPSA) is 64.3 Å². The Kier molecular flexibility index (Phi) is 6.85. The number of nitrogens with one attached hydrogen (secondary N) is 1. The first-order valence-corrected chi connectivity index (χ1v) is 7.63. The van der Waals surface area contributed by atoms with Crippen molar-refractivity contribution in [2.75, 3.05) is 13.2 Å². The van der Waals surface area contributed by atoms with Crippen LogP contribution in [0.2, 0.25) is 0 Å². The lowest BCUT2D eigenvalue weighted by atomic mass is 9.92. The molecule has 2 unspecified atom stereocenters. The Hall–Kier alpha value is -1.39. The highest BCUT2D eigenvalue weighted by molar-refractivity contribution is 5.86. The number of ether oxygens (including phenoxy) is 1. The van der Waals surface area contributed by atoms with Gasteiger partial charge in [-0.1, -0.05) is 44.2 Å². The Morgan fingerprint density at radius 3 is 2.48 bits per heavy atom. The predicted octanol–water partition coefficient (Wildman–Crippen LogP) is 2.43. The maximum absolute atomic E-state index is 12.3. The van der Waals surface area contributed by atoms with E-state index in [9.17, 15) is 4.79 Å². The van der Waals surface area contributed by atoms with Gasteiger partial charge in [0.25, 0.3) is 0 Å². The van der Waals surface area contributed by atoms with Crippen molar-refractivity contribution in [1.29, 1.82) is 0 Å². The fourth-order valence-corrected chi connectivity index (χ4v) is 2.25. The molecule has 4 heteroatoms. The molecular formula is C17H28N2O2. The van der Waals surface area contributed by atoms with Gasteiger partial charge in [0.05, 0.1) is 6.10 Å². The van der Waals surface area contributed by atoms with Crippen molar-refractivity contribution in [2.24, 2.45) is 11.7 Å². The molecule has 0 radical (unpaired) electrons. The first-order valence-electron chi connectivity index (χ1n) is 7.63. The van der Waals surface area contributed by atoms with Crippen molar-refractivity contribution in [1.82, 2.24) is 5.32 Å². The zero-order valence-corrected chi connectivity index (χ0v) is 13.6. The van der Waals surface area contributed by atoms with E-state index in [2.05, 4.69) is 19.2 Å². The van der Waals surface area contributed by atoms with Crippen molar-refractivity contribution in [3.63, 3.8) is 0 Å². The highest BCUT2D eigenvalue weighted by Gasteiger charge is 2.30. The van der Waals surface area contributed by atoms with Gasteiger partial charge in [0.1, 0.15) is 5.54 Å². The summed E-state index contributed by atoms with van der Waals surface area (Å²) in [6.07, 6.45) is 0.957. The SMILES string of the molecule is CCOC(CCNC(=O)C(C)(N)c1ccccc1)C(C)C. The summed E-state index contributed by atoms with van der Waals surface area (Å²) in [7, 11) is 0. The fraction of sp³-hybridized carbons (Fsp3) is 0.588. The fourth-order valence-electron chi connectivity index (χ4n) is 2.25. The summed E-state index contributed by atoms with van der Waals surface area (Å²) in [6.45, 7) is 9.23. The third-order valence-electron chi connectivity index (χ3n) is 3.68. The second-order valence-electron chi connectivity index (χ2n) is 5.85. The van der Waals surface area contributed by atoms with Gasteiger partial charge in [-0.25, -0.2) is 0 Å². The van der Waals surface area contributed by atoms with Crippen LogP contribution < -0.4 is 11.1 Å². The quantitative estimate of drug-likeness (QED) is 0.773. The lowest BCUT2D eigenvalue weighted by Gasteiger charge is -2.25. The van der Waals surface area contributed by atoms with Gasteiger partial charge in [0.2, 0.25) is 5.91 Å². The average Bonchev–Trinajstić information content (AvgIpc) is 2.46. The molecule has 0 spiro atoms. The zero-order valence-electron chi connectivity index (χ0n) is 13.6. The van der Waals surface area contributed by atoms with Gasteiger partial charge in [-0.05, 0) is 31.7 Å². The lowest BCUT2D eigenvalue weighted by molar-refractivity contribution is -0.126. The van der Waals surface area contributed by atoms with Crippen molar-refractivity contribution in [3.05, 3.63) is 35.9 Å². The number of carbonyl (C=O) groups is 1. The number of benzene rings is 1. The van der Waals surface area contributed by atoms with E-state index in [0.29, 0.717) is 19.1 Å². The Labute approximate surface area is 128 Å². The van der Waals surface area contributed by atoms with Crippen molar-refractivity contribution >= 4 is 5.91 Å². The Bertz CT molecular complexity index is 430. The number of carbonyl (C=O) groups excluding carboxylic acids is 1. The van der Waals surface area contributed by atoms with E-state index in [1.807, 2.05) is 37.3 Å². The first-order chi connectivity index (χ1) is 9.89. The molecule has 2 atom stereocenters. The maximum atomic E-state index is 12.3. The second-order valence-corrected chi connectivity index (χ2v) is 5.85. The third kappa shape index (κ3) is 5.14. The van der Waals surface area contributed by atoms with Crippen LogP contribution in [0.3, 0.4) is 0 Å². The van der Waals surface area contributed by atoms with Crippen molar-refractivity contribution < 1.29 is 9.53 Å². The van der Waals surface area contributed by atoms with E-state index in [4.69, 9.17) is 10.5 Å². The van der Waals surface area contributed by atoms with Gasteiger partial charge in [0, 0.05) is 13.2 Å². The number of hydrogen-bond donors (Lipinski definition) is 2. The lowest BCUT2D eigenvalue weighted by Crippen LogP contribution is -2.49. The summed E-state index contributed by atoms with van der Waals surface area (Å²) in [6, 6.07) is 9.43. The van der Waals surface area contributed by atoms with Gasteiger partial charge in [0.15, 0.2) is 0 Å². The first kappa shape index (κ1) is 17.7. The Morgan fingerprint density at radius 2 is 1.95 bits per heavy atom. The smallest absolute Gasteiger partial charge is 0.244 e. The number of hydrogen-bond acceptors (Lipinski definition) is 3. The van der Waals surface area contributed by atoms with Crippen LogP contribution in [-0.4, -0.2) is 25.2 Å². The number of nitrogens with two attached hydrogens (primary N) is 1. The highest BCUT2D eigenvalue weighted by atomic mass is 16.5. The minimum atomic E-state index is -1.01. The average molecular weight is 292 g/mol. The summed E-state index contributed by atoms with van der Waals surface area (Å²) >= 11 is 0. The molecule has 0 heterocycles. The van der Waals surface area contributed by atoms with E-state index in [-0.39, 0.29) is 12.0 Å². The Morgan fingerprint density at radius 1 is 1.33 bits per heavy atom. The van der Waals surface area contributed by atoms with E-state index in [1.54, 1.807) is 6.92 Å². The molecule has 1 aromatic carbocycles. The molecular weight excluding hydrogens is 264 g/mol. The molecule has 0 aliphatic carbocycles. The van der Waals surface area contributed by atoms with Gasteiger partial charge in [-0.2, -0.15) is 0 Å². The zero-order chi connectivity index (χ0) is 15.9. The van der Waals surface area contributed by atoms with Crippen LogP contribution in [0.25, 0.3) is 0 Å². The molecule has 21 heavy (non-hydrogen) atoms. The molecule has 1 aromatic rings. The molecule has 4 nitrogen and oxygen atoms in total. The summed E-state index contributed by atoms with van der Waals surface area (Å²) in [5, 5.41) is 2.92. The molecule has 118 valence electrons. The van der Waals surface area contributed by atoms with Crippen LogP contribution in [0.5, 0.6) is 0 Å². The minimum Gasteiger partial charge on any atom is -0.378 e.